The minimum absolute atomic E-state index is 0.533. The lowest BCUT2D eigenvalue weighted by Gasteiger charge is -2.11. The van der Waals surface area contributed by atoms with Crippen molar-refractivity contribution in [3.05, 3.63) is 23.4 Å². The Bertz CT molecular complexity index is 279. The number of hydrogen-bond donors (Lipinski definition) is 1. The normalized spacial score (nSPS) is 12.5. The molecule has 0 bridgehead atoms. The van der Waals surface area contributed by atoms with Crippen LogP contribution in [0.1, 0.15) is 13.3 Å². The van der Waals surface area contributed by atoms with E-state index < -0.39 is 0 Å². The highest BCUT2D eigenvalue weighted by molar-refractivity contribution is 6.32. The minimum atomic E-state index is 0.533. The van der Waals surface area contributed by atoms with Crippen LogP contribution >= 0.6 is 23.2 Å². The van der Waals surface area contributed by atoms with Crippen LogP contribution in [0.2, 0.25) is 5.02 Å². The van der Waals surface area contributed by atoms with Gasteiger partial charge in [0, 0.05) is 18.6 Å². The van der Waals surface area contributed by atoms with E-state index in [4.69, 9.17) is 23.2 Å². The Balaban J connectivity index is 2.41. The number of rotatable bonds is 5. The van der Waals surface area contributed by atoms with E-state index in [1.165, 1.54) is 0 Å². The first kappa shape index (κ1) is 11.6. The van der Waals surface area contributed by atoms with Crippen molar-refractivity contribution in [3.63, 3.8) is 0 Å². The second-order valence-electron chi connectivity index (χ2n) is 3.30. The molecule has 0 amide bonds. The summed E-state index contributed by atoms with van der Waals surface area (Å²) in [5.74, 6) is 1.97. The lowest BCUT2D eigenvalue weighted by atomic mass is 10.1. The summed E-state index contributed by atoms with van der Waals surface area (Å²) in [6.07, 6.45) is 2.72. The third-order valence-electron chi connectivity index (χ3n) is 1.98. The van der Waals surface area contributed by atoms with Gasteiger partial charge in [0.15, 0.2) is 0 Å². The summed E-state index contributed by atoms with van der Waals surface area (Å²) in [6, 6.07) is 3.64. The number of anilines is 1. The minimum Gasteiger partial charge on any atom is -0.369 e. The smallest absolute Gasteiger partial charge is 0.144 e. The van der Waals surface area contributed by atoms with Gasteiger partial charge in [-0.15, -0.1) is 11.6 Å². The molecule has 0 spiro atoms. The quantitative estimate of drug-likeness (QED) is 0.788. The van der Waals surface area contributed by atoms with Gasteiger partial charge in [-0.2, -0.15) is 0 Å². The third kappa shape index (κ3) is 3.72. The first-order chi connectivity index (χ1) is 6.74. The highest BCUT2D eigenvalue weighted by atomic mass is 35.5. The van der Waals surface area contributed by atoms with E-state index >= 15 is 0 Å². The standard InChI is InChI=1S/C10H14Cl2N2/c1-8(4-5-11)7-14-10-9(12)3-2-6-13-10/h2-3,6,8H,4-5,7H2,1H3,(H,13,14). The van der Waals surface area contributed by atoms with Crippen LogP contribution in [0.5, 0.6) is 0 Å². The Morgan fingerprint density at radius 1 is 1.57 bits per heavy atom. The maximum atomic E-state index is 5.93. The summed E-state index contributed by atoms with van der Waals surface area (Å²) in [4.78, 5) is 4.13. The fourth-order valence-electron chi connectivity index (χ4n) is 1.07. The topological polar surface area (TPSA) is 24.9 Å². The molecular formula is C10H14Cl2N2. The van der Waals surface area contributed by atoms with Crippen LogP contribution in [0.4, 0.5) is 5.82 Å². The van der Waals surface area contributed by atoms with Gasteiger partial charge in [0.1, 0.15) is 5.82 Å². The SMILES string of the molecule is CC(CCCl)CNc1ncccc1Cl. The van der Waals surface area contributed by atoms with Crippen molar-refractivity contribution >= 4 is 29.0 Å². The van der Waals surface area contributed by atoms with Crippen LogP contribution in [0, 0.1) is 5.92 Å². The monoisotopic (exact) mass is 232 g/mol. The van der Waals surface area contributed by atoms with Crippen molar-refractivity contribution in [3.8, 4) is 0 Å². The molecule has 0 saturated heterocycles. The summed E-state index contributed by atoms with van der Waals surface area (Å²) in [5, 5.41) is 3.85. The van der Waals surface area contributed by atoms with Crippen molar-refractivity contribution in [2.45, 2.75) is 13.3 Å². The van der Waals surface area contributed by atoms with Crippen molar-refractivity contribution < 1.29 is 0 Å². The van der Waals surface area contributed by atoms with Crippen LogP contribution in [0.25, 0.3) is 0 Å². The van der Waals surface area contributed by atoms with E-state index in [1.54, 1.807) is 6.20 Å². The largest absolute Gasteiger partial charge is 0.369 e. The van der Waals surface area contributed by atoms with Gasteiger partial charge >= 0.3 is 0 Å². The highest BCUT2D eigenvalue weighted by Crippen LogP contribution is 2.17. The molecule has 1 unspecified atom stereocenters. The fourth-order valence-corrected chi connectivity index (χ4v) is 1.64. The molecule has 1 aromatic heterocycles. The summed E-state index contributed by atoms with van der Waals surface area (Å²) < 4.78 is 0. The molecule has 78 valence electrons. The van der Waals surface area contributed by atoms with E-state index in [9.17, 15) is 0 Å². The van der Waals surface area contributed by atoms with Gasteiger partial charge < -0.3 is 5.32 Å². The molecule has 0 aliphatic rings. The van der Waals surface area contributed by atoms with Crippen molar-refractivity contribution in [1.82, 2.24) is 4.98 Å². The van der Waals surface area contributed by atoms with Crippen LogP contribution in [0.15, 0.2) is 18.3 Å². The van der Waals surface area contributed by atoms with Crippen LogP contribution in [-0.4, -0.2) is 17.4 Å². The highest BCUT2D eigenvalue weighted by Gasteiger charge is 2.03. The summed E-state index contributed by atoms with van der Waals surface area (Å²) in [7, 11) is 0. The fraction of sp³-hybridized carbons (Fsp3) is 0.500. The average Bonchev–Trinajstić information content (AvgIpc) is 2.17. The number of pyridine rings is 1. The predicted octanol–water partition coefficient (Wildman–Crippen LogP) is 3.41. The number of aromatic nitrogens is 1. The molecule has 4 heteroatoms. The zero-order valence-electron chi connectivity index (χ0n) is 8.13. The molecule has 0 radical (unpaired) electrons. The first-order valence-electron chi connectivity index (χ1n) is 4.64. The van der Waals surface area contributed by atoms with Gasteiger partial charge in [0.2, 0.25) is 0 Å². The lowest BCUT2D eigenvalue weighted by Crippen LogP contribution is -2.12. The lowest BCUT2D eigenvalue weighted by molar-refractivity contribution is 0.596. The Kier molecular flexibility index (Phi) is 5.05. The van der Waals surface area contributed by atoms with E-state index in [1.807, 2.05) is 12.1 Å². The van der Waals surface area contributed by atoms with Crippen LogP contribution < -0.4 is 5.32 Å². The molecule has 1 heterocycles. The molecule has 14 heavy (non-hydrogen) atoms. The van der Waals surface area contributed by atoms with Crippen molar-refractivity contribution in [2.24, 2.45) is 5.92 Å². The molecule has 0 aliphatic heterocycles. The number of hydrogen-bond acceptors (Lipinski definition) is 2. The van der Waals surface area contributed by atoms with Crippen LogP contribution in [0.3, 0.4) is 0 Å². The number of halogens is 2. The summed E-state index contributed by atoms with van der Waals surface area (Å²) in [6.45, 7) is 3.00. The molecule has 0 saturated carbocycles. The first-order valence-corrected chi connectivity index (χ1v) is 5.55. The number of nitrogens with zero attached hydrogens (tertiary/aromatic N) is 1. The van der Waals surface area contributed by atoms with Gasteiger partial charge in [-0.3, -0.25) is 0 Å². The number of alkyl halides is 1. The summed E-state index contributed by atoms with van der Waals surface area (Å²) in [5.41, 5.74) is 0. The Labute approximate surface area is 94.6 Å². The van der Waals surface area contributed by atoms with E-state index in [0.29, 0.717) is 16.8 Å². The average molecular weight is 233 g/mol. The molecule has 0 aliphatic carbocycles. The maximum absolute atomic E-state index is 5.93. The summed E-state index contributed by atoms with van der Waals surface area (Å²) >= 11 is 11.6. The molecule has 0 aromatic carbocycles. The van der Waals surface area contributed by atoms with Gasteiger partial charge in [0.25, 0.3) is 0 Å². The van der Waals surface area contributed by atoms with Gasteiger partial charge in [0.05, 0.1) is 5.02 Å². The van der Waals surface area contributed by atoms with Crippen molar-refractivity contribution in [1.29, 1.82) is 0 Å². The Hall–Kier alpha value is -0.470. The Morgan fingerprint density at radius 3 is 3.00 bits per heavy atom. The maximum Gasteiger partial charge on any atom is 0.144 e. The van der Waals surface area contributed by atoms with E-state index in [0.717, 1.165) is 18.8 Å². The second kappa shape index (κ2) is 6.10. The van der Waals surface area contributed by atoms with E-state index in [-0.39, 0.29) is 0 Å². The molecule has 1 aromatic rings. The molecule has 2 nitrogen and oxygen atoms in total. The van der Waals surface area contributed by atoms with E-state index in [2.05, 4.69) is 17.2 Å². The third-order valence-corrected chi connectivity index (χ3v) is 2.50. The molecule has 0 fully saturated rings. The molecule has 1 atom stereocenters. The zero-order valence-corrected chi connectivity index (χ0v) is 9.65. The van der Waals surface area contributed by atoms with Crippen LogP contribution in [-0.2, 0) is 0 Å². The second-order valence-corrected chi connectivity index (χ2v) is 4.08. The zero-order chi connectivity index (χ0) is 10.4. The predicted molar refractivity (Wildman–Crippen MR) is 62.2 cm³/mol. The molecule has 1 N–H and O–H groups in total. The van der Waals surface area contributed by atoms with Gasteiger partial charge in [-0.05, 0) is 24.5 Å². The molecule has 1 rings (SSSR count). The van der Waals surface area contributed by atoms with Gasteiger partial charge in [-0.1, -0.05) is 18.5 Å². The van der Waals surface area contributed by atoms with Crippen molar-refractivity contribution in [2.75, 3.05) is 17.7 Å². The molecular weight excluding hydrogens is 219 g/mol. The Morgan fingerprint density at radius 2 is 2.36 bits per heavy atom. The van der Waals surface area contributed by atoms with Gasteiger partial charge in [-0.25, -0.2) is 4.98 Å². The number of nitrogens with one attached hydrogen (secondary N) is 1.